The van der Waals surface area contributed by atoms with Gasteiger partial charge in [0.05, 0.1) is 24.0 Å². The van der Waals surface area contributed by atoms with Crippen LogP contribution in [-0.2, 0) is 25.5 Å². The zero-order valence-corrected chi connectivity index (χ0v) is 32.9. The number of hydrogen-bond donors (Lipinski definition) is 4. The molecule has 2 aromatic carbocycles. The van der Waals surface area contributed by atoms with Crippen LogP contribution in [0.3, 0.4) is 0 Å². The van der Waals surface area contributed by atoms with E-state index in [2.05, 4.69) is 30.8 Å². The smallest absolute Gasteiger partial charge is 0.357 e. The molecular formula is C44H53N7O6. The number of primary amides is 1. The highest BCUT2D eigenvalue weighted by atomic mass is 16.5. The van der Waals surface area contributed by atoms with Crippen molar-refractivity contribution in [3.63, 3.8) is 0 Å². The maximum atomic E-state index is 14.3. The number of carbonyl (C=O) groups excluding carboxylic acids is 5. The summed E-state index contributed by atoms with van der Waals surface area (Å²) in [5, 5.41) is 9.71. The average Bonchev–Trinajstić information content (AvgIpc) is 3.19. The molecule has 1 saturated carbocycles. The fourth-order valence-electron chi connectivity index (χ4n) is 8.05. The number of para-hydroxylation sites is 1. The van der Waals surface area contributed by atoms with Crippen molar-refractivity contribution < 1.29 is 28.7 Å². The van der Waals surface area contributed by atoms with Gasteiger partial charge in [0, 0.05) is 30.2 Å². The van der Waals surface area contributed by atoms with Gasteiger partial charge in [0.25, 0.3) is 5.91 Å². The number of nitrogens with one attached hydrogen (secondary N) is 3. The highest BCUT2D eigenvalue weighted by Gasteiger charge is 2.43. The Balaban J connectivity index is 1.33. The predicted molar refractivity (Wildman–Crippen MR) is 216 cm³/mol. The molecule has 0 radical (unpaired) electrons. The van der Waals surface area contributed by atoms with E-state index in [4.69, 9.17) is 10.5 Å². The van der Waals surface area contributed by atoms with E-state index < -0.39 is 59.9 Å². The monoisotopic (exact) mass is 775 g/mol. The minimum absolute atomic E-state index is 0.0599. The quantitative estimate of drug-likeness (QED) is 0.135. The summed E-state index contributed by atoms with van der Waals surface area (Å²) in [6.07, 6.45) is 5.23. The number of nitrogens with zero attached hydrogens (tertiary/aromatic N) is 3. The largest absolute Gasteiger partial charge is 0.454 e. The number of benzene rings is 2. The lowest BCUT2D eigenvalue weighted by Crippen LogP contribution is -2.61. The number of ether oxygens (including phenoxy) is 1. The Morgan fingerprint density at radius 2 is 1.58 bits per heavy atom. The van der Waals surface area contributed by atoms with E-state index in [1.165, 1.54) is 6.20 Å². The molecule has 6 atom stereocenters. The van der Waals surface area contributed by atoms with Crippen LogP contribution < -0.4 is 21.7 Å². The van der Waals surface area contributed by atoms with Crippen LogP contribution in [0.2, 0.25) is 0 Å². The summed E-state index contributed by atoms with van der Waals surface area (Å²) in [5.74, 6) is -2.20. The fraction of sp³-hybridized carbons (Fsp3) is 0.432. The molecule has 57 heavy (non-hydrogen) atoms. The number of pyridine rings is 2. The van der Waals surface area contributed by atoms with Gasteiger partial charge < -0.3 is 26.4 Å². The first-order valence-corrected chi connectivity index (χ1v) is 19.8. The minimum Gasteiger partial charge on any atom is -0.454 e. The molecule has 2 fully saturated rings. The molecule has 1 aliphatic carbocycles. The molecule has 0 unspecified atom stereocenters. The summed E-state index contributed by atoms with van der Waals surface area (Å²) >= 11 is 0. The molecule has 13 heteroatoms. The number of esters is 1. The molecule has 1 aliphatic heterocycles. The van der Waals surface area contributed by atoms with Crippen molar-refractivity contribution >= 4 is 40.5 Å². The number of likely N-dealkylation sites (tertiary alicyclic amines) is 1. The Hall–Kier alpha value is -5.69. The van der Waals surface area contributed by atoms with Crippen molar-refractivity contribution in [1.82, 2.24) is 30.8 Å². The molecular weight excluding hydrogens is 723 g/mol. The maximum absolute atomic E-state index is 14.3. The first kappa shape index (κ1) is 41.0. The van der Waals surface area contributed by atoms with E-state index >= 15 is 0 Å². The topological polar surface area (TPSA) is 186 Å². The van der Waals surface area contributed by atoms with Crippen molar-refractivity contribution in [3.8, 4) is 0 Å². The molecule has 5 N–H and O–H groups in total. The SMILES string of the molecule is CC(C)(C)NC(=O)[C@@H]1C[C@@H]2CCCC[C@@H]2CN1C[C@@H](OC(=O)c1ccccn1)[C@H](Cc1ccccc1)NC(=O)[C@H](CC(N)=O)NC(=O)c1ccc2ccccc2n1. The standard InChI is InChI=1S/C44H53N7O6/c1-44(2,3)50-42(55)37-24-30-16-7-8-17-31(30)26-51(37)27-38(57-43(56)34-19-11-12-22-46-34)35(23-28-13-5-4-6-14-28)48-41(54)36(25-39(45)52)49-40(53)33-21-20-29-15-9-10-18-32(29)47-33/h4-6,9-15,18-22,30-31,35-38H,7-8,16-17,23-27H2,1-3H3,(H2,45,52)(H,48,54)(H,49,53)(H,50,55)/t30-,31+,35-,36-,37-,38+/m0/s1. The van der Waals surface area contributed by atoms with Gasteiger partial charge in [-0.15, -0.1) is 0 Å². The van der Waals surface area contributed by atoms with Gasteiger partial charge in [0.2, 0.25) is 17.7 Å². The Labute approximate surface area is 333 Å². The van der Waals surface area contributed by atoms with Crippen LogP contribution in [0, 0.1) is 11.8 Å². The predicted octanol–water partition coefficient (Wildman–Crippen LogP) is 4.35. The second-order valence-electron chi connectivity index (χ2n) is 16.3. The zero-order valence-electron chi connectivity index (χ0n) is 32.9. The van der Waals surface area contributed by atoms with Crippen molar-refractivity contribution in [1.29, 1.82) is 0 Å². The first-order valence-electron chi connectivity index (χ1n) is 19.8. The number of rotatable bonds is 14. The normalized spacial score (nSPS) is 19.9. The van der Waals surface area contributed by atoms with Crippen molar-refractivity contribution in [2.75, 3.05) is 13.1 Å². The minimum atomic E-state index is -1.38. The Morgan fingerprint density at radius 3 is 2.30 bits per heavy atom. The van der Waals surface area contributed by atoms with E-state index in [9.17, 15) is 24.0 Å². The molecule has 300 valence electrons. The third-order valence-electron chi connectivity index (χ3n) is 10.8. The number of hydrogen-bond acceptors (Lipinski definition) is 9. The molecule has 2 aliphatic rings. The summed E-state index contributed by atoms with van der Waals surface area (Å²) in [6, 6.07) is 22.2. The van der Waals surface area contributed by atoms with Crippen LogP contribution in [0.5, 0.6) is 0 Å². The van der Waals surface area contributed by atoms with Crippen LogP contribution in [0.15, 0.2) is 91.1 Å². The molecule has 3 heterocycles. The summed E-state index contributed by atoms with van der Waals surface area (Å²) < 4.78 is 6.31. The third kappa shape index (κ3) is 11.2. The number of amides is 4. The van der Waals surface area contributed by atoms with Crippen LogP contribution in [0.25, 0.3) is 10.9 Å². The molecule has 6 rings (SSSR count). The first-order chi connectivity index (χ1) is 27.3. The molecule has 0 bridgehead atoms. The number of carbonyl (C=O) groups is 5. The molecule has 4 aromatic rings. The Kier molecular flexibility index (Phi) is 13.3. The summed E-state index contributed by atoms with van der Waals surface area (Å²) in [6.45, 7) is 6.58. The van der Waals surface area contributed by atoms with E-state index in [-0.39, 0.29) is 30.3 Å². The van der Waals surface area contributed by atoms with E-state index in [0.717, 1.165) is 36.6 Å². The lowest BCUT2D eigenvalue weighted by atomic mass is 9.72. The number of piperidine rings is 1. The van der Waals surface area contributed by atoms with Gasteiger partial charge in [-0.3, -0.25) is 24.1 Å². The highest BCUT2D eigenvalue weighted by molar-refractivity contribution is 5.99. The van der Waals surface area contributed by atoms with Crippen molar-refractivity contribution in [2.24, 2.45) is 17.6 Å². The molecule has 1 saturated heterocycles. The Bertz CT molecular complexity index is 2040. The molecule has 4 amide bonds. The van der Waals surface area contributed by atoms with Crippen LogP contribution in [-0.4, -0.2) is 87.3 Å². The summed E-state index contributed by atoms with van der Waals surface area (Å²) in [4.78, 5) is 78.9. The van der Waals surface area contributed by atoms with E-state index in [0.29, 0.717) is 30.3 Å². The highest BCUT2D eigenvalue weighted by Crippen LogP contribution is 2.39. The molecule has 13 nitrogen and oxygen atoms in total. The van der Waals surface area contributed by atoms with Crippen LogP contribution >= 0.6 is 0 Å². The summed E-state index contributed by atoms with van der Waals surface area (Å²) in [5.41, 5.74) is 6.73. The van der Waals surface area contributed by atoms with Gasteiger partial charge in [-0.1, -0.05) is 79.9 Å². The number of fused-ring (bicyclic) bond motifs is 2. The van der Waals surface area contributed by atoms with Gasteiger partial charge in [-0.05, 0) is 81.7 Å². The van der Waals surface area contributed by atoms with Crippen molar-refractivity contribution in [3.05, 3.63) is 108 Å². The fourth-order valence-corrected chi connectivity index (χ4v) is 8.05. The van der Waals surface area contributed by atoms with Gasteiger partial charge in [0.1, 0.15) is 23.5 Å². The van der Waals surface area contributed by atoms with Crippen LogP contribution in [0.1, 0.15) is 85.8 Å². The molecule has 0 spiro atoms. The van der Waals surface area contributed by atoms with Gasteiger partial charge in [-0.25, -0.2) is 14.8 Å². The number of nitrogens with two attached hydrogens (primary N) is 1. The Morgan fingerprint density at radius 1 is 0.860 bits per heavy atom. The van der Waals surface area contributed by atoms with Crippen molar-refractivity contribution in [2.45, 2.75) is 95.5 Å². The second-order valence-corrected chi connectivity index (χ2v) is 16.3. The maximum Gasteiger partial charge on any atom is 0.357 e. The third-order valence-corrected chi connectivity index (χ3v) is 10.8. The van der Waals surface area contributed by atoms with E-state index in [1.54, 1.807) is 42.5 Å². The van der Waals surface area contributed by atoms with Gasteiger partial charge in [0.15, 0.2) is 0 Å². The van der Waals surface area contributed by atoms with Gasteiger partial charge in [-0.2, -0.15) is 0 Å². The van der Waals surface area contributed by atoms with E-state index in [1.807, 2.05) is 63.2 Å². The average molecular weight is 776 g/mol. The van der Waals surface area contributed by atoms with Crippen LogP contribution in [0.4, 0.5) is 0 Å². The lowest BCUT2D eigenvalue weighted by molar-refractivity contribution is -0.133. The number of aromatic nitrogens is 2. The van der Waals surface area contributed by atoms with Gasteiger partial charge >= 0.3 is 5.97 Å². The lowest BCUT2D eigenvalue weighted by Gasteiger charge is -2.47. The molecule has 2 aromatic heterocycles. The zero-order chi connectivity index (χ0) is 40.5. The second kappa shape index (κ2) is 18.5. The summed E-state index contributed by atoms with van der Waals surface area (Å²) in [7, 11) is 0.